The average molecular weight is 466 g/mol. The highest BCUT2D eigenvalue weighted by Crippen LogP contribution is 2.28. The number of sulfonamides is 1. The van der Waals surface area contributed by atoms with Gasteiger partial charge < -0.3 is 15.4 Å². The molecule has 0 atom stereocenters. The molecule has 0 saturated carbocycles. The smallest absolute Gasteiger partial charge is 0.264 e. The molecule has 0 aromatic heterocycles. The van der Waals surface area contributed by atoms with Crippen LogP contribution in [0.4, 0.5) is 5.69 Å². The number of methoxy groups -OCH3 is 1. The second-order valence-corrected chi connectivity index (χ2v) is 9.52. The second kappa shape index (κ2) is 9.57. The van der Waals surface area contributed by atoms with Crippen LogP contribution in [0.3, 0.4) is 0 Å². The Hall–Kier alpha value is -2.78. The van der Waals surface area contributed by atoms with Crippen LogP contribution in [0, 0.1) is 5.92 Å². The van der Waals surface area contributed by atoms with Crippen molar-refractivity contribution in [2.24, 2.45) is 11.7 Å². The van der Waals surface area contributed by atoms with E-state index in [0.717, 1.165) is 4.31 Å². The van der Waals surface area contributed by atoms with Gasteiger partial charge in [0.05, 0.1) is 17.7 Å². The molecule has 0 aliphatic carbocycles. The Bertz CT molecular complexity index is 1050. The second-order valence-electron chi connectivity index (χ2n) is 7.22. The van der Waals surface area contributed by atoms with Crippen LogP contribution in [0.5, 0.6) is 5.75 Å². The topological polar surface area (TPSA) is 110 Å². The summed E-state index contributed by atoms with van der Waals surface area (Å²) in [5, 5.41) is 0.349. The first kappa shape index (κ1) is 22.9. The van der Waals surface area contributed by atoms with Crippen LogP contribution in [0.2, 0.25) is 5.02 Å². The third kappa shape index (κ3) is 5.29. The highest BCUT2D eigenvalue weighted by molar-refractivity contribution is 7.92. The molecule has 1 saturated heterocycles. The summed E-state index contributed by atoms with van der Waals surface area (Å²) in [7, 11) is -2.57. The van der Waals surface area contributed by atoms with Gasteiger partial charge in [0.15, 0.2) is 0 Å². The van der Waals surface area contributed by atoms with E-state index in [9.17, 15) is 18.0 Å². The lowest BCUT2D eigenvalue weighted by Gasteiger charge is -2.33. The molecule has 2 aromatic rings. The molecule has 2 amide bonds. The van der Waals surface area contributed by atoms with Crippen LogP contribution in [0.15, 0.2) is 53.4 Å². The SMILES string of the molecule is COc1ccc(S(=O)(=O)N(CC(=O)N2CCC(C(N)=O)CC2)c2cccc(Cl)c2)cc1. The molecule has 0 unspecified atom stereocenters. The van der Waals surface area contributed by atoms with Crippen LogP contribution < -0.4 is 14.8 Å². The third-order valence-corrected chi connectivity index (χ3v) is 7.30. The summed E-state index contributed by atoms with van der Waals surface area (Å²) in [6, 6.07) is 12.3. The fraction of sp³-hybridized carbons (Fsp3) is 0.333. The Kier molecular flexibility index (Phi) is 7.07. The number of hydrogen-bond acceptors (Lipinski definition) is 5. The molecular formula is C21H24ClN3O5S. The number of nitrogens with zero attached hydrogens (tertiary/aromatic N) is 2. The van der Waals surface area contributed by atoms with Crippen molar-refractivity contribution in [3.05, 3.63) is 53.6 Å². The minimum Gasteiger partial charge on any atom is -0.497 e. The van der Waals surface area contributed by atoms with Crippen molar-refractivity contribution in [2.75, 3.05) is 31.0 Å². The average Bonchev–Trinajstić information content (AvgIpc) is 2.77. The number of rotatable bonds is 7. The van der Waals surface area contributed by atoms with E-state index in [1.165, 1.54) is 25.3 Å². The van der Waals surface area contributed by atoms with Crippen molar-refractivity contribution in [3.63, 3.8) is 0 Å². The molecule has 1 fully saturated rings. The van der Waals surface area contributed by atoms with Crippen molar-refractivity contribution in [1.29, 1.82) is 0 Å². The van der Waals surface area contributed by atoms with Crippen molar-refractivity contribution in [1.82, 2.24) is 4.90 Å². The Balaban J connectivity index is 1.88. The fourth-order valence-electron chi connectivity index (χ4n) is 3.46. The van der Waals surface area contributed by atoms with E-state index < -0.39 is 16.6 Å². The lowest BCUT2D eigenvalue weighted by molar-refractivity contribution is -0.133. The number of ether oxygens (including phenoxy) is 1. The molecule has 1 heterocycles. The minimum absolute atomic E-state index is 0.0218. The van der Waals surface area contributed by atoms with Crippen molar-refractivity contribution in [3.8, 4) is 5.75 Å². The molecule has 0 radical (unpaired) electrons. The molecular weight excluding hydrogens is 442 g/mol. The molecule has 8 nitrogen and oxygen atoms in total. The van der Waals surface area contributed by atoms with Gasteiger partial charge in [0, 0.05) is 24.0 Å². The Morgan fingerprint density at radius 1 is 1.16 bits per heavy atom. The maximum absolute atomic E-state index is 13.4. The number of hydrogen-bond donors (Lipinski definition) is 1. The van der Waals surface area contributed by atoms with Crippen LogP contribution in [0.25, 0.3) is 0 Å². The van der Waals surface area contributed by atoms with Gasteiger partial charge in [-0.1, -0.05) is 17.7 Å². The van der Waals surface area contributed by atoms with Gasteiger partial charge in [0.1, 0.15) is 12.3 Å². The van der Waals surface area contributed by atoms with Gasteiger partial charge in [-0.15, -0.1) is 0 Å². The molecule has 0 bridgehead atoms. The van der Waals surface area contributed by atoms with Gasteiger partial charge in [0.25, 0.3) is 10.0 Å². The van der Waals surface area contributed by atoms with E-state index in [1.807, 2.05) is 0 Å². The minimum atomic E-state index is -4.06. The van der Waals surface area contributed by atoms with Gasteiger partial charge in [-0.2, -0.15) is 0 Å². The zero-order valence-electron chi connectivity index (χ0n) is 17.0. The summed E-state index contributed by atoms with van der Waals surface area (Å²) in [5.41, 5.74) is 5.63. The maximum atomic E-state index is 13.4. The first-order valence-corrected chi connectivity index (χ1v) is 11.5. The highest BCUT2D eigenvalue weighted by atomic mass is 35.5. The Morgan fingerprint density at radius 3 is 2.35 bits per heavy atom. The van der Waals surface area contributed by atoms with E-state index in [2.05, 4.69) is 0 Å². The number of nitrogens with two attached hydrogens (primary N) is 1. The lowest BCUT2D eigenvalue weighted by Crippen LogP contribution is -2.47. The quantitative estimate of drug-likeness (QED) is 0.674. The van der Waals surface area contributed by atoms with Gasteiger partial charge in [-0.3, -0.25) is 13.9 Å². The molecule has 2 aromatic carbocycles. The summed E-state index contributed by atoms with van der Waals surface area (Å²) >= 11 is 6.08. The molecule has 31 heavy (non-hydrogen) atoms. The van der Waals surface area contributed by atoms with Crippen LogP contribution in [-0.2, 0) is 19.6 Å². The number of amides is 2. The number of carbonyl (C=O) groups is 2. The summed E-state index contributed by atoms with van der Waals surface area (Å²) < 4.78 is 33.0. The predicted molar refractivity (Wildman–Crippen MR) is 117 cm³/mol. The fourth-order valence-corrected chi connectivity index (χ4v) is 5.05. The normalized spacial score (nSPS) is 14.8. The largest absolute Gasteiger partial charge is 0.497 e. The summed E-state index contributed by atoms with van der Waals surface area (Å²) in [4.78, 5) is 25.9. The molecule has 0 spiro atoms. The monoisotopic (exact) mass is 465 g/mol. The standard InChI is InChI=1S/C21H24ClN3O5S/c1-30-18-5-7-19(8-6-18)31(28,29)25(17-4-2-3-16(22)13-17)14-20(26)24-11-9-15(10-12-24)21(23)27/h2-8,13,15H,9-12,14H2,1H3,(H2,23,27). The van der Waals surface area contributed by atoms with Crippen molar-refractivity contribution in [2.45, 2.75) is 17.7 Å². The first-order valence-electron chi connectivity index (χ1n) is 9.72. The Labute approximate surface area is 186 Å². The number of halogens is 1. The van der Waals surface area contributed by atoms with E-state index >= 15 is 0 Å². The number of likely N-dealkylation sites (tertiary alicyclic amines) is 1. The van der Waals surface area contributed by atoms with E-state index in [0.29, 0.717) is 36.7 Å². The number of piperidine rings is 1. The number of anilines is 1. The molecule has 10 heteroatoms. The summed E-state index contributed by atoms with van der Waals surface area (Å²) in [6.07, 6.45) is 0.924. The number of benzene rings is 2. The zero-order valence-corrected chi connectivity index (χ0v) is 18.6. The van der Waals surface area contributed by atoms with E-state index in [4.69, 9.17) is 22.1 Å². The van der Waals surface area contributed by atoms with Crippen molar-refractivity contribution >= 4 is 39.1 Å². The molecule has 1 aliphatic rings. The van der Waals surface area contributed by atoms with E-state index in [1.54, 1.807) is 35.2 Å². The maximum Gasteiger partial charge on any atom is 0.264 e. The molecule has 1 aliphatic heterocycles. The predicted octanol–water partition coefficient (Wildman–Crippen LogP) is 2.27. The van der Waals surface area contributed by atoms with Crippen LogP contribution in [-0.4, -0.2) is 51.9 Å². The Morgan fingerprint density at radius 2 is 1.81 bits per heavy atom. The summed E-state index contributed by atoms with van der Waals surface area (Å²) in [5.74, 6) is -0.493. The van der Waals surface area contributed by atoms with Crippen LogP contribution in [0.1, 0.15) is 12.8 Å². The number of primary amides is 1. The van der Waals surface area contributed by atoms with E-state index in [-0.39, 0.29) is 28.3 Å². The van der Waals surface area contributed by atoms with Gasteiger partial charge in [-0.05, 0) is 55.3 Å². The first-order chi connectivity index (χ1) is 14.7. The van der Waals surface area contributed by atoms with Crippen molar-refractivity contribution < 1.29 is 22.7 Å². The summed E-state index contributed by atoms with van der Waals surface area (Å²) in [6.45, 7) is 0.298. The lowest BCUT2D eigenvalue weighted by atomic mass is 9.96. The molecule has 166 valence electrons. The molecule has 2 N–H and O–H groups in total. The van der Waals surface area contributed by atoms with Gasteiger partial charge in [0.2, 0.25) is 11.8 Å². The highest BCUT2D eigenvalue weighted by Gasteiger charge is 2.31. The number of carbonyl (C=O) groups excluding carboxylic acids is 2. The van der Waals surface area contributed by atoms with Gasteiger partial charge >= 0.3 is 0 Å². The van der Waals surface area contributed by atoms with Gasteiger partial charge in [-0.25, -0.2) is 8.42 Å². The molecule has 3 rings (SSSR count). The van der Waals surface area contributed by atoms with Crippen LogP contribution >= 0.6 is 11.6 Å². The zero-order chi connectivity index (χ0) is 22.6. The third-order valence-electron chi connectivity index (χ3n) is 5.27.